The van der Waals surface area contributed by atoms with E-state index in [-0.39, 0.29) is 12.2 Å². The van der Waals surface area contributed by atoms with Crippen LogP contribution in [0.15, 0.2) is 54.9 Å². The van der Waals surface area contributed by atoms with E-state index in [1.807, 2.05) is 0 Å². The molecular formula is C16H12ClF2N3. The summed E-state index contributed by atoms with van der Waals surface area (Å²) in [5.41, 5.74) is 1.07. The highest BCUT2D eigenvalue weighted by atomic mass is 35.5. The Hall–Kier alpha value is -2.40. The second kappa shape index (κ2) is 6.15. The lowest BCUT2D eigenvalue weighted by Crippen LogP contribution is -2.08. The molecule has 1 N–H and O–H groups in total. The number of para-hydroxylation sites is 1. The summed E-state index contributed by atoms with van der Waals surface area (Å²) in [6, 6.07) is 10.8. The van der Waals surface area contributed by atoms with E-state index in [9.17, 15) is 8.78 Å². The van der Waals surface area contributed by atoms with E-state index in [0.717, 1.165) is 0 Å². The van der Waals surface area contributed by atoms with Gasteiger partial charge in [0.05, 0.1) is 11.4 Å². The molecule has 0 spiro atoms. The molecule has 0 radical (unpaired) electrons. The Labute approximate surface area is 131 Å². The predicted molar refractivity (Wildman–Crippen MR) is 82.3 cm³/mol. The largest absolute Gasteiger partial charge is 0.377 e. The molecule has 1 aromatic heterocycles. The van der Waals surface area contributed by atoms with Crippen LogP contribution >= 0.6 is 11.6 Å². The van der Waals surface area contributed by atoms with E-state index >= 15 is 0 Å². The molecule has 112 valence electrons. The van der Waals surface area contributed by atoms with Gasteiger partial charge >= 0.3 is 0 Å². The number of nitrogens with zero attached hydrogens (tertiary/aromatic N) is 2. The zero-order chi connectivity index (χ0) is 15.5. The van der Waals surface area contributed by atoms with Crippen LogP contribution in [0.4, 0.5) is 14.5 Å². The first-order valence-electron chi connectivity index (χ1n) is 6.62. The van der Waals surface area contributed by atoms with Crippen LogP contribution in [0, 0.1) is 11.6 Å². The molecule has 0 amide bonds. The highest BCUT2D eigenvalue weighted by Crippen LogP contribution is 2.26. The molecule has 0 aliphatic carbocycles. The minimum atomic E-state index is -0.444. The van der Waals surface area contributed by atoms with Gasteiger partial charge in [-0.25, -0.2) is 13.5 Å². The Morgan fingerprint density at radius 2 is 1.82 bits per heavy atom. The zero-order valence-corrected chi connectivity index (χ0v) is 12.2. The molecular weight excluding hydrogens is 308 g/mol. The molecule has 3 aromatic rings. The lowest BCUT2D eigenvalue weighted by atomic mass is 10.2. The molecule has 0 unspecified atom stereocenters. The number of anilines is 1. The van der Waals surface area contributed by atoms with E-state index in [2.05, 4.69) is 10.4 Å². The molecule has 22 heavy (non-hydrogen) atoms. The monoisotopic (exact) mass is 319 g/mol. The highest BCUT2D eigenvalue weighted by molar-refractivity contribution is 6.31. The maximum Gasteiger partial charge on any atom is 0.148 e. The van der Waals surface area contributed by atoms with Gasteiger partial charge in [0.1, 0.15) is 11.6 Å². The number of halogens is 3. The van der Waals surface area contributed by atoms with E-state index in [1.165, 1.54) is 22.9 Å². The summed E-state index contributed by atoms with van der Waals surface area (Å²) in [5.74, 6) is -0.877. The molecule has 0 fully saturated rings. The van der Waals surface area contributed by atoms with Gasteiger partial charge in [-0.05, 0) is 30.3 Å². The molecule has 0 bridgehead atoms. The van der Waals surface area contributed by atoms with Gasteiger partial charge in [-0.2, -0.15) is 5.10 Å². The van der Waals surface area contributed by atoms with Crippen LogP contribution in [-0.2, 0) is 6.54 Å². The van der Waals surface area contributed by atoms with Crippen molar-refractivity contribution in [3.05, 3.63) is 77.1 Å². The number of aromatic nitrogens is 2. The number of nitrogens with one attached hydrogen (secondary N) is 1. The number of benzene rings is 2. The van der Waals surface area contributed by atoms with Crippen molar-refractivity contribution in [3.8, 4) is 5.69 Å². The standard InChI is InChI=1S/C16H12ClF2N3/c17-12-4-1-5-13(18)11(12)10-20-16-14(19)6-2-7-15(16)22-9-3-8-21-22/h1-9,20H,10H2. The average molecular weight is 320 g/mol. The minimum Gasteiger partial charge on any atom is -0.377 e. The van der Waals surface area contributed by atoms with E-state index in [4.69, 9.17) is 11.6 Å². The fourth-order valence-electron chi connectivity index (χ4n) is 2.17. The third-order valence-electron chi connectivity index (χ3n) is 3.25. The first-order valence-corrected chi connectivity index (χ1v) is 7.00. The lowest BCUT2D eigenvalue weighted by molar-refractivity contribution is 0.610. The first-order chi connectivity index (χ1) is 10.7. The first kappa shape index (κ1) is 14.5. The Kier molecular flexibility index (Phi) is 4.06. The third kappa shape index (κ3) is 2.80. The molecule has 2 aromatic carbocycles. The average Bonchev–Trinajstić information content (AvgIpc) is 3.02. The van der Waals surface area contributed by atoms with Crippen LogP contribution in [0.1, 0.15) is 5.56 Å². The third-order valence-corrected chi connectivity index (χ3v) is 3.60. The van der Waals surface area contributed by atoms with Gasteiger partial charge in [0, 0.05) is 29.5 Å². The normalized spacial score (nSPS) is 10.7. The highest BCUT2D eigenvalue weighted by Gasteiger charge is 2.12. The van der Waals surface area contributed by atoms with Crippen LogP contribution in [0.3, 0.4) is 0 Å². The quantitative estimate of drug-likeness (QED) is 0.771. The maximum absolute atomic E-state index is 14.1. The number of hydrogen-bond acceptors (Lipinski definition) is 2. The Balaban J connectivity index is 1.93. The Morgan fingerprint density at radius 1 is 1.05 bits per heavy atom. The molecule has 3 nitrogen and oxygen atoms in total. The molecule has 3 rings (SSSR count). The van der Waals surface area contributed by atoms with Crippen molar-refractivity contribution in [3.63, 3.8) is 0 Å². The smallest absolute Gasteiger partial charge is 0.148 e. The van der Waals surface area contributed by atoms with Crippen LogP contribution in [0.5, 0.6) is 0 Å². The minimum absolute atomic E-state index is 0.0701. The van der Waals surface area contributed by atoms with Crippen molar-refractivity contribution < 1.29 is 8.78 Å². The van der Waals surface area contributed by atoms with Crippen LogP contribution in [0.25, 0.3) is 5.69 Å². The van der Waals surface area contributed by atoms with Crippen molar-refractivity contribution in [2.75, 3.05) is 5.32 Å². The van der Waals surface area contributed by atoms with Crippen molar-refractivity contribution in [2.24, 2.45) is 0 Å². The van der Waals surface area contributed by atoms with E-state index in [1.54, 1.807) is 36.7 Å². The van der Waals surface area contributed by atoms with Crippen molar-refractivity contribution in [1.29, 1.82) is 0 Å². The Bertz CT molecular complexity index is 768. The summed E-state index contributed by atoms with van der Waals surface area (Å²) < 4.78 is 29.4. The summed E-state index contributed by atoms with van der Waals surface area (Å²) in [6.07, 6.45) is 3.30. The fraction of sp³-hybridized carbons (Fsp3) is 0.0625. The number of hydrogen-bond donors (Lipinski definition) is 1. The Morgan fingerprint density at radius 3 is 2.55 bits per heavy atom. The molecule has 0 saturated carbocycles. The number of rotatable bonds is 4. The summed E-state index contributed by atoms with van der Waals surface area (Å²) in [5, 5.41) is 7.29. The van der Waals surface area contributed by atoms with Crippen molar-refractivity contribution in [2.45, 2.75) is 6.54 Å². The van der Waals surface area contributed by atoms with E-state index in [0.29, 0.717) is 16.3 Å². The van der Waals surface area contributed by atoms with Gasteiger partial charge in [-0.3, -0.25) is 0 Å². The molecule has 0 saturated heterocycles. The molecule has 1 heterocycles. The maximum atomic E-state index is 14.1. The van der Waals surface area contributed by atoms with Gasteiger partial charge < -0.3 is 5.32 Å². The van der Waals surface area contributed by atoms with Crippen molar-refractivity contribution in [1.82, 2.24) is 9.78 Å². The van der Waals surface area contributed by atoms with Crippen LogP contribution in [0.2, 0.25) is 5.02 Å². The van der Waals surface area contributed by atoms with Gasteiger partial charge in [0.25, 0.3) is 0 Å². The van der Waals surface area contributed by atoms with Gasteiger partial charge in [-0.1, -0.05) is 23.7 Å². The van der Waals surface area contributed by atoms with Crippen molar-refractivity contribution >= 4 is 17.3 Å². The topological polar surface area (TPSA) is 29.9 Å². The molecule has 6 heteroatoms. The van der Waals surface area contributed by atoms with E-state index < -0.39 is 11.6 Å². The second-order valence-corrected chi connectivity index (χ2v) is 5.05. The SMILES string of the molecule is Fc1cccc(Cl)c1CNc1c(F)cccc1-n1cccn1. The predicted octanol–water partition coefficient (Wildman–Crippen LogP) is 4.42. The molecule has 0 aliphatic heterocycles. The second-order valence-electron chi connectivity index (χ2n) is 4.64. The van der Waals surface area contributed by atoms with Crippen LogP contribution in [-0.4, -0.2) is 9.78 Å². The summed E-state index contributed by atoms with van der Waals surface area (Å²) in [4.78, 5) is 0. The summed E-state index contributed by atoms with van der Waals surface area (Å²) in [7, 11) is 0. The summed E-state index contributed by atoms with van der Waals surface area (Å²) in [6.45, 7) is 0.0701. The van der Waals surface area contributed by atoms with Gasteiger partial charge in [0.15, 0.2) is 0 Å². The van der Waals surface area contributed by atoms with Crippen LogP contribution < -0.4 is 5.32 Å². The molecule has 0 atom stereocenters. The molecule has 0 aliphatic rings. The summed E-state index contributed by atoms with van der Waals surface area (Å²) >= 11 is 5.98. The fourth-order valence-corrected chi connectivity index (χ4v) is 2.40. The van der Waals surface area contributed by atoms with Gasteiger partial charge in [-0.15, -0.1) is 0 Å². The zero-order valence-electron chi connectivity index (χ0n) is 11.4. The van der Waals surface area contributed by atoms with Gasteiger partial charge in [0.2, 0.25) is 0 Å². The lowest BCUT2D eigenvalue weighted by Gasteiger charge is -2.14.